The highest BCUT2D eigenvalue weighted by atomic mass is 31.2. The number of ether oxygens (including phenoxy) is 2. The van der Waals surface area contributed by atoms with Gasteiger partial charge in [-0.05, 0) is 159 Å². The predicted molar refractivity (Wildman–Crippen MR) is 252 cm³/mol. The summed E-state index contributed by atoms with van der Waals surface area (Å²) in [6, 6.07) is 59.1. The zero-order valence-corrected chi connectivity index (χ0v) is 37.3. The quantitative estimate of drug-likeness (QED) is 0.123. The molecular weight excluding hydrogens is 828 g/mol. The Morgan fingerprint density at radius 1 is 0.369 bits per heavy atom. The summed E-state index contributed by atoms with van der Waals surface area (Å²) in [6.45, 7) is 9.00. The molecule has 5 atom stereocenters. The van der Waals surface area contributed by atoms with E-state index in [1.807, 2.05) is 78.9 Å². The standard InChI is InChI=1S/C55H47N4O5P/c1-52-35-12-8-16-39(30-35)61-34-62-40-17-9-13-36(31-40)53(2,45-23-22-44(52)56-45)47-25-27-49(58-47)55(4)38-15-11-19-42(33-38)64-65(60,43-20-6-5-7-21-43)63-41-18-10-14-37(32-41)54(3,48-26-24-46(52)57-48)50-28-29-51(55)59-50/h5-33,56-59H,34H2,1-4H3/t52-,53+,54-,55+,65-. The molecule has 0 saturated carbocycles. The second kappa shape index (κ2) is 14.1. The molecule has 9 aromatic rings. The first-order valence-corrected chi connectivity index (χ1v) is 23.5. The number of H-pyrrole nitrogens is 4. The first-order chi connectivity index (χ1) is 31.5. The van der Waals surface area contributed by atoms with E-state index >= 15 is 4.57 Å². The third-order valence-corrected chi connectivity index (χ3v) is 16.5. The van der Waals surface area contributed by atoms with Crippen molar-refractivity contribution in [3.63, 3.8) is 0 Å². The monoisotopic (exact) mass is 874 g/mol. The zero-order valence-electron chi connectivity index (χ0n) is 36.4. The molecule has 12 rings (SSSR count). The van der Waals surface area contributed by atoms with Crippen LogP contribution in [0.1, 0.15) is 95.5 Å². The van der Waals surface area contributed by atoms with Crippen molar-refractivity contribution < 1.29 is 23.1 Å². The van der Waals surface area contributed by atoms with Crippen LogP contribution in [0.3, 0.4) is 0 Å². The molecule has 3 aliphatic heterocycles. The van der Waals surface area contributed by atoms with Crippen molar-refractivity contribution in [2.24, 2.45) is 0 Å². The van der Waals surface area contributed by atoms with Gasteiger partial charge in [0.25, 0.3) is 0 Å². The van der Waals surface area contributed by atoms with Gasteiger partial charge in [-0.1, -0.05) is 66.7 Å². The lowest BCUT2D eigenvalue weighted by Gasteiger charge is -2.34. The van der Waals surface area contributed by atoms with Gasteiger partial charge in [0.2, 0.25) is 6.79 Å². The van der Waals surface area contributed by atoms with Gasteiger partial charge in [-0.2, -0.15) is 0 Å². The topological polar surface area (TPSA) is 117 Å². The molecule has 20 bridgehead atoms. The first kappa shape index (κ1) is 39.3. The number of rotatable bonds is 1. The molecule has 0 aliphatic carbocycles. The molecule has 322 valence electrons. The largest absolute Gasteiger partial charge is 0.462 e. The molecular formula is C55H47N4O5P. The van der Waals surface area contributed by atoms with Crippen molar-refractivity contribution in [3.8, 4) is 23.0 Å². The summed E-state index contributed by atoms with van der Waals surface area (Å²) in [5.41, 5.74) is 8.58. The highest BCUT2D eigenvalue weighted by Crippen LogP contribution is 2.52. The summed E-state index contributed by atoms with van der Waals surface area (Å²) in [5.74, 6) is 2.24. The van der Waals surface area contributed by atoms with Crippen LogP contribution < -0.4 is 23.8 Å². The molecule has 0 spiro atoms. The fourth-order valence-electron chi connectivity index (χ4n) is 10.4. The minimum absolute atomic E-state index is 0.0452. The van der Waals surface area contributed by atoms with Crippen LogP contribution in [0.2, 0.25) is 0 Å². The van der Waals surface area contributed by atoms with Gasteiger partial charge in [0.05, 0.1) is 27.0 Å². The van der Waals surface area contributed by atoms with Crippen LogP contribution in [0.4, 0.5) is 0 Å². The Kier molecular flexibility index (Phi) is 8.50. The molecule has 10 heteroatoms. The van der Waals surface area contributed by atoms with Gasteiger partial charge in [0, 0.05) is 45.6 Å². The smallest absolute Gasteiger partial charge is 0.457 e. The number of nitrogens with one attached hydrogen (secondary N) is 4. The highest BCUT2D eigenvalue weighted by Gasteiger charge is 2.45. The minimum atomic E-state index is -4.02. The number of hydrogen-bond acceptors (Lipinski definition) is 5. The van der Waals surface area contributed by atoms with Gasteiger partial charge in [-0.25, -0.2) is 4.57 Å². The molecule has 4 aromatic heterocycles. The first-order valence-electron chi connectivity index (χ1n) is 22.0. The Morgan fingerprint density at radius 2 is 0.662 bits per heavy atom. The number of benzene rings is 5. The molecule has 7 heterocycles. The van der Waals surface area contributed by atoms with E-state index in [0.29, 0.717) is 28.3 Å². The summed E-state index contributed by atoms with van der Waals surface area (Å²) in [6.07, 6.45) is 0. The maximum atomic E-state index is 15.4. The Labute approximate surface area is 377 Å². The van der Waals surface area contributed by atoms with Crippen LogP contribution in [0, 0.1) is 0 Å². The normalized spacial score (nSPS) is 25.1. The van der Waals surface area contributed by atoms with Crippen molar-refractivity contribution >= 4 is 12.9 Å². The minimum Gasteiger partial charge on any atom is -0.457 e. The number of aromatic nitrogens is 4. The molecule has 4 N–H and O–H groups in total. The summed E-state index contributed by atoms with van der Waals surface area (Å²) >= 11 is 0. The van der Waals surface area contributed by atoms with Gasteiger partial charge in [-0.3, -0.25) is 0 Å². The fraction of sp³-hybridized carbons (Fsp3) is 0.164. The molecule has 9 nitrogen and oxygen atoms in total. The number of fused-ring (bicyclic) bond motifs is 20. The van der Waals surface area contributed by atoms with Crippen LogP contribution in [0.5, 0.6) is 23.0 Å². The van der Waals surface area contributed by atoms with E-state index in [4.69, 9.17) is 18.5 Å². The zero-order chi connectivity index (χ0) is 44.2. The Bertz CT molecular complexity index is 3150. The molecule has 0 radical (unpaired) electrons. The van der Waals surface area contributed by atoms with Gasteiger partial charge in [-0.15, -0.1) is 0 Å². The average molecular weight is 875 g/mol. The molecule has 5 aromatic carbocycles. The molecule has 0 unspecified atom stereocenters. The van der Waals surface area contributed by atoms with E-state index in [-0.39, 0.29) is 6.79 Å². The third kappa shape index (κ3) is 5.81. The summed E-state index contributed by atoms with van der Waals surface area (Å²) in [5, 5.41) is 0.451. The number of hydrogen-bond donors (Lipinski definition) is 4. The highest BCUT2D eigenvalue weighted by molar-refractivity contribution is 7.63. The van der Waals surface area contributed by atoms with Crippen molar-refractivity contribution in [1.29, 1.82) is 0 Å². The average Bonchev–Trinajstić information content (AvgIpc) is 4.19. The second-order valence-corrected chi connectivity index (χ2v) is 20.1. The summed E-state index contributed by atoms with van der Waals surface area (Å²) < 4.78 is 41.3. The van der Waals surface area contributed by atoms with Crippen LogP contribution in [-0.2, 0) is 26.2 Å². The van der Waals surface area contributed by atoms with Gasteiger partial charge < -0.3 is 38.5 Å². The Balaban J connectivity index is 1.20. The molecule has 0 saturated heterocycles. The lowest BCUT2D eigenvalue weighted by molar-refractivity contribution is 0.119. The van der Waals surface area contributed by atoms with E-state index in [0.717, 1.165) is 67.8 Å². The summed E-state index contributed by atoms with van der Waals surface area (Å²) in [7, 11) is -4.02. The second-order valence-electron chi connectivity index (χ2n) is 18.2. The molecule has 0 fully saturated rings. The Morgan fingerprint density at radius 3 is 0.985 bits per heavy atom. The van der Waals surface area contributed by atoms with Crippen molar-refractivity contribution in [3.05, 3.63) is 244 Å². The van der Waals surface area contributed by atoms with Gasteiger partial charge >= 0.3 is 7.60 Å². The van der Waals surface area contributed by atoms with E-state index < -0.39 is 29.3 Å². The van der Waals surface area contributed by atoms with Crippen molar-refractivity contribution in [2.45, 2.75) is 49.4 Å². The van der Waals surface area contributed by atoms with Crippen LogP contribution in [-0.4, -0.2) is 26.7 Å². The lowest BCUT2D eigenvalue weighted by atomic mass is 9.76. The van der Waals surface area contributed by atoms with Crippen LogP contribution in [0.15, 0.2) is 176 Å². The maximum Gasteiger partial charge on any atom is 0.462 e. The van der Waals surface area contributed by atoms with E-state index in [9.17, 15) is 0 Å². The molecule has 3 aliphatic rings. The van der Waals surface area contributed by atoms with Gasteiger partial charge in [0.15, 0.2) is 0 Å². The maximum absolute atomic E-state index is 15.4. The van der Waals surface area contributed by atoms with Crippen LogP contribution >= 0.6 is 7.60 Å². The molecule has 65 heavy (non-hydrogen) atoms. The predicted octanol–water partition coefficient (Wildman–Crippen LogP) is 11.7. The molecule has 0 amide bonds. The van der Waals surface area contributed by atoms with E-state index in [1.165, 1.54) is 0 Å². The van der Waals surface area contributed by atoms with Gasteiger partial charge in [0.1, 0.15) is 23.0 Å². The Hall–Kier alpha value is -7.35. The van der Waals surface area contributed by atoms with E-state index in [1.54, 1.807) is 12.1 Å². The lowest BCUT2D eigenvalue weighted by Crippen LogP contribution is -2.32. The van der Waals surface area contributed by atoms with Crippen molar-refractivity contribution in [2.75, 3.05) is 6.79 Å². The van der Waals surface area contributed by atoms with Crippen molar-refractivity contribution in [1.82, 2.24) is 19.9 Å². The third-order valence-electron chi connectivity index (χ3n) is 14.7. The SMILES string of the molecule is C[C@]12c3cccc(c3)OCOc3cccc(c3)[C@](C)(c3ccc1[nH]3)c1ccc([nH]1)[C@@]1(C)c3cccc(c3)O[P@](=O)(c3ccccc3)Oc3cccc(c3)[C@@](C)(c3ccc2[nH]3)c2ccc1[nH]2. The van der Waals surface area contributed by atoms with E-state index in [2.05, 4.69) is 133 Å². The number of aromatic amines is 4. The summed E-state index contributed by atoms with van der Waals surface area (Å²) in [4.78, 5) is 16.0. The fourth-order valence-corrected chi connectivity index (χ4v) is 12.0. The van der Waals surface area contributed by atoms with Crippen LogP contribution in [0.25, 0.3) is 0 Å².